The summed E-state index contributed by atoms with van der Waals surface area (Å²) in [4.78, 5) is 4.60. The summed E-state index contributed by atoms with van der Waals surface area (Å²) >= 11 is 0. The molecule has 0 fully saturated rings. The van der Waals surface area contributed by atoms with Crippen LogP contribution in [0.15, 0.2) is 72.8 Å². The number of nitrogens with zero attached hydrogens (tertiary/aromatic N) is 1. The van der Waals surface area contributed by atoms with Crippen molar-refractivity contribution in [3.8, 4) is 45.1 Å². The molecule has 5 rings (SSSR count). The molecule has 0 unspecified atom stereocenters. The third-order valence-corrected chi connectivity index (χ3v) is 5.54. The van der Waals surface area contributed by atoms with Crippen LogP contribution in [0.5, 0.6) is 11.5 Å². The molecule has 154 valence electrons. The fraction of sp³-hybridized carbons (Fsp3) is 0.0800. The predicted molar refractivity (Wildman–Crippen MR) is 112 cm³/mol. The van der Waals surface area contributed by atoms with Gasteiger partial charge in [0, 0.05) is 23.1 Å². The lowest BCUT2D eigenvalue weighted by Crippen LogP contribution is -2.07. The predicted octanol–water partition coefficient (Wildman–Crippen LogP) is 6.42. The summed E-state index contributed by atoms with van der Waals surface area (Å²) in [5.41, 5.74) is 3.38. The molecule has 0 spiro atoms. The second kappa shape index (κ2) is 6.87. The van der Waals surface area contributed by atoms with Crippen LogP contribution < -0.4 is 0 Å². The molecule has 0 saturated heterocycles. The second-order valence-electron chi connectivity index (χ2n) is 7.46. The molecule has 1 aliphatic rings. The van der Waals surface area contributed by atoms with Gasteiger partial charge in [0.05, 0.1) is 17.0 Å². The van der Waals surface area contributed by atoms with Gasteiger partial charge in [-0.3, -0.25) is 0 Å². The van der Waals surface area contributed by atoms with E-state index in [1.807, 2.05) is 0 Å². The molecular formula is C25H16F3NO2. The number of phenolic OH excluding ortho intramolecular Hbond substituents is 2. The van der Waals surface area contributed by atoms with E-state index in [4.69, 9.17) is 0 Å². The molecular weight excluding hydrogens is 403 g/mol. The molecule has 0 radical (unpaired) electrons. The van der Waals surface area contributed by atoms with Crippen molar-refractivity contribution < 1.29 is 23.4 Å². The van der Waals surface area contributed by atoms with Gasteiger partial charge in [0.15, 0.2) is 0 Å². The molecule has 0 aliphatic heterocycles. The smallest absolute Gasteiger partial charge is 0.417 e. The first kappa shape index (κ1) is 19.2. The molecule has 0 amide bonds. The van der Waals surface area contributed by atoms with Crippen molar-refractivity contribution in [2.75, 3.05) is 0 Å². The lowest BCUT2D eigenvalue weighted by molar-refractivity contribution is -0.137. The van der Waals surface area contributed by atoms with Crippen LogP contribution in [-0.4, -0.2) is 15.2 Å². The number of benzene rings is 3. The van der Waals surface area contributed by atoms with Crippen LogP contribution >= 0.6 is 0 Å². The second-order valence-corrected chi connectivity index (χ2v) is 7.46. The quantitative estimate of drug-likeness (QED) is 0.347. The molecule has 1 aliphatic carbocycles. The van der Waals surface area contributed by atoms with Crippen LogP contribution in [0.2, 0.25) is 0 Å². The molecule has 2 N–H and O–H groups in total. The molecule has 4 aromatic rings. The summed E-state index contributed by atoms with van der Waals surface area (Å²) in [6.45, 7) is 0. The minimum absolute atomic E-state index is 0.0322. The highest BCUT2D eigenvalue weighted by Gasteiger charge is 2.34. The fourth-order valence-corrected chi connectivity index (χ4v) is 4.14. The Bertz CT molecular complexity index is 1330. The number of hydrogen-bond donors (Lipinski definition) is 2. The first-order valence-corrected chi connectivity index (χ1v) is 9.64. The third kappa shape index (κ3) is 3.20. The number of fused-ring (bicyclic) bond motifs is 3. The zero-order valence-corrected chi connectivity index (χ0v) is 16.1. The standard InChI is InChI=1S/C25H16F3NO2/c26-25(27,28)21-7-3-1-6-17(21)22-13-19(16-5-2-4-8-23(16)31)20-11-14-9-10-15(30)12-18(14)24(20)29-22/h1-10,12-13,30-31H,11H2. The van der Waals surface area contributed by atoms with Crippen molar-refractivity contribution in [3.05, 3.63) is 89.5 Å². The summed E-state index contributed by atoms with van der Waals surface area (Å²) < 4.78 is 41.1. The lowest BCUT2D eigenvalue weighted by Gasteiger charge is -2.16. The highest BCUT2D eigenvalue weighted by molar-refractivity contribution is 5.88. The van der Waals surface area contributed by atoms with Crippen LogP contribution in [0.3, 0.4) is 0 Å². The normalized spacial score (nSPS) is 12.5. The van der Waals surface area contributed by atoms with Gasteiger partial charge in [-0.2, -0.15) is 13.2 Å². The van der Waals surface area contributed by atoms with Crippen LogP contribution in [0.4, 0.5) is 13.2 Å². The summed E-state index contributed by atoms with van der Waals surface area (Å²) in [6.07, 6.45) is -4.04. The maximum absolute atomic E-state index is 13.7. The van der Waals surface area contributed by atoms with Gasteiger partial charge in [0.2, 0.25) is 0 Å². The summed E-state index contributed by atoms with van der Waals surface area (Å²) in [6, 6.07) is 18.6. The summed E-state index contributed by atoms with van der Waals surface area (Å²) in [7, 11) is 0. The van der Waals surface area contributed by atoms with Crippen molar-refractivity contribution in [2.24, 2.45) is 0 Å². The first-order valence-electron chi connectivity index (χ1n) is 9.64. The molecule has 0 saturated carbocycles. The largest absolute Gasteiger partial charge is 0.508 e. The topological polar surface area (TPSA) is 53.4 Å². The summed E-state index contributed by atoms with van der Waals surface area (Å²) in [5, 5.41) is 20.4. The van der Waals surface area contributed by atoms with Gasteiger partial charge in [-0.15, -0.1) is 0 Å². The minimum atomic E-state index is -4.54. The number of hydrogen-bond acceptors (Lipinski definition) is 3. The van der Waals surface area contributed by atoms with E-state index >= 15 is 0 Å². The fourth-order valence-electron chi connectivity index (χ4n) is 4.14. The van der Waals surface area contributed by atoms with Crippen LogP contribution in [0.1, 0.15) is 16.7 Å². The number of halogens is 3. The van der Waals surface area contributed by atoms with E-state index in [0.29, 0.717) is 28.8 Å². The van der Waals surface area contributed by atoms with E-state index in [1.54, 1.807) is 54.6 Å². The molecule has 0 bridgehead atoms. The highest BCUT2D eigenvalue weighted by Crippen LogP contribution is 2.46. The maximum Gasteiger partial charge on any atom is 0.417 e. The maximum atomic E-state index is 13.7. The Morgan fingerprint density at radius 2 is 1.45 bits per heavy atom. The lowest BCUT2D eigenvalue weighted by atomic mass is 9.94. The molecule has 6 heteroatoms. The van der Waals surface area contributed by atoms with Gasteiger partial charge in [-0.05, 0) is 47.0 Å². The number of alkyl halides is 3. The zero-order valence-electron chi connectivity index (χ0n) is 16.1. The summed E-state index contributed by atoms with van der Waals surface area (Å²) in [5.74, 6) is 0.0864. The number of para-hydroxylation sites is 1. The van der Waals surface area contributed by atoms with Gasteiger partial charge < -0.3 is 10.2 Å². The van der Waals surface area contributed by atoms with Crippen molar-refractivity contribution in [1.29, 1.82) is 0 Å². The minimum Gasteiger partial charge on any atom is -0.508 e. The molecule has 1 aromatic heterocycles. The number of aromatic hydroxyl groups is 2. The van der Waals surface area contributed by atoms with E-state index in [-0.39, 0.29) is 22.8 Å². The molecule has 0 atom stereocenters. The molecule has 3 aromatic carbocycles. The van der Waals surface area contributed by atoms with Gasteiger partial charge >= 0.3 is 6.18 Å². The van der Waals surface area contributed by atoms with Gasteiger partial charge in [-0.25, -0.2) is 4.98 Å². The van der Waals surface area contributed by atoms with Crippen molar-refractivity contribution >= 4 is 0 Å². The molecule has 3 nitrogen and oxygen atoms in total. The Balaban J connectivity index is 1.83. The Morgan fingerprint density at radius 3 is 2.19 bits per heavy atom. The number of phenols is 2. The first-order chi connectivity index (χ1) is 14.8. The Hall–Kier alpha value is -3.80. The van der Waals surface area contributed by atoms with E-state index in [1.165, 1.54) is 12.1 Å². The monoisotopic (exact) mass is 419 g/mol. The number of aromatic nitrogens is 1. The molecule has 31 heavy (non-hydrogen) atoms. The number of rotatable bonds is 2. The Labute approximate surface area is 176 Å². The Kier molecular flexibility index (Phi) is 4.25. The van der Waals surface area contributed by atoms with Crippen LogP contribution in [0, 0.1) is 0 Å². The van der Waals surface area contributed by atoms with E-state index in [9.17, 15) is 23.4 Å². The van der Waals surface area contributed by atoms with E-state index in [2.05, 4.69) is 4.98 Å². The molecule has 1 heterocycles. The Morgan fingerprint density at radius 1 is 0.742 bits per heavy atom. The van der Waals surface area contributed by atoms with E-state index in [0.717, 1.165) is 17.2 Å². The van der Waals surface area contributed by atoms with Crippen molar-refractivity contribution in [3.63, 3.8) is 0 Å². The van der Waals surface area contributed by atoms with Crippen molar-refractivity contribution in [2.45, 2.75) is 12.6 Å². The van der Waals surface area contributed by atoms with Crippen LogP contribution in [-0.2, 0) is 12.6 Å². The van der Waals surface area contributed by atoms with Crippen LogP contribution in [0.25, 0.3) is 33.6 Å². The zero-order chi connectivity index (χ0) is 21.8. The van der Waals surface area contributed by atoms with Gasteiger partial charge in [-0.1, -0.05) is 42.5 Å². The highest BCUT2D eigenvalue weighted by atomic mass is 19.4. The van der Waals surface area contributed by atoms with E-state index < -0.39 is 11.7 Å². The van der Waals surface area contributed by atoms with Crippen molar-refractivity contribution in [1.82, 2.24) is 4.98 Å². The number of pyridine rings is 1. The third-order valence-electron chi connectivity index (χ3n) is 5.54. The van der Waals surface area contributed by atoms with Gasteiger partial charge in [0.25, 0.3) is 0 Å². The average molecular weight is 419 g/mol. The SMILES string of the molecule is Oc1ccc2c(c1)-c1nc(-c3ccccc3C(F)(F)F)cc(-c3ccccc3O)c1C2. The van der Waals surface area contributed by atoms with Gasteiger partial charge in [0.1, 0.15) is 11.5 Å². The average Bonchev–Trinajstić information content (AvgIpc) is 3.11.